The number of aliphatic hydroxyl groups excluding tert-OH is 1. The molecule has 1 aromatic rings. The van der Waals surface area contributed by atoms with Crippen LogP contribution in [0.1, 0.15) is 18.9 Å². The number of ether oxygens (including phenoxy) is 1. The van der Waals surface area contributed by atoms with Crippen LogP contribution in [-0.2, 0) is 6.61 Å². The molecule has 1 unspecified atom stereocenters. The van der Waals surface area contributed by atoms with Crippen LogP contribution in [0.4, 0.5) is 4.39 Å². The summed E-state index contributed by atoms with van der Waals surface area (Å²) in [7, 11) is 0. The highest BCUT2D eigenvalue weighted by Gasteiger charge is 2.08. The number of rotatable bonds is 4. The van der Waals surface area contributed by atoms with Gasteiger partial charge in [0.15, 0.2) is 0 Å². The van der Waals surface area contributed by atoms with Crippen molar-refractivity contribution in [2.75, 3.05) is 0 Å². The summed E-state index contributed by atoms with van der Waals surface area (Å²) in [5, 5.41) is 9.12. The van der Waals surface area contributed by atoms with Crippen LogP contribution < -0.4 is 4.74 Å². The quantitative estimate of drug-likeness (QED) is 0.842. The van der Waals surface area contributed by atoms with E-state index in [1.165, 1.54) is 0 Å². The number of alkyl halides is 1. The first-order chi connectivity index (χ1) is 6.67. The van der Waals surface area contributed by atoms with Gasteiger partial charge in [-0.1, -0.05) is 24.6 Å². The van der Waals surface area contributed by atoms with Crippen molar-refractivity contribution in [1.29, 1.82) is 0 Å². The fourth-order valence-corrected chi connectivity index (χ4v) is 1.21. The van der Waals surface area contributed by atoms with E-state index in [-0.39, 0.29) is 13.0 Å². The lowest BCUT2D eigenvalue weighted by atomic mass is 10.2. The van der Waals surface area contributed by atoms with Gasteiger partial charge in [-0.2, -0.15) is 0 Å². The topological polar surface area (TPSA) is 29.5 Å². The molecule has 0 heterocycles. The summed E-state index contributed by atoms with van der Waals surface area (Å²) in [6, 6.07) is 4.75. The summed E-state index contributed by atoms with van der Waals surface area (Å²) in [6.07, 6.45) is -1.06. The highest BCUT2D eigenvalue weighted by Crippen LogP contribution is 2.27. The van der Waals surface area contributed by atoms with Crippen LogP contribution in [0.15, 0.2) is 18.2 Å². The second-order valence-corrected chi connectivity index (χ2v) is 3.27. The summed E-state index contributed by atoms with van der Waals surface area (Å²) < 4.78 is 17.8. The first-order valence-electron chi connectivity index (χ1n) is 4.37. The van der Waals surface area contributed by atoms with Crippen molar-refractivity contribution >= 4 is 11.6 Å². The second kappa shape index (κ2) is 5.17. The average molecular weight is 219 g/mol. The lowest BCUT2D eigenvalue weighted by molar-refractivity contribution is 0.0642. The van der Waals surface area contributed by atoms with Gasteiger partial charge in [-0.05, 0) is 17.7 Å². The molecule has 1 aromatic carbocycles. The minimum atomic E-state index is -1.34. The molecular weight excluding hydrogens is 207 g/mol. The zero-order chi connectivity index (χ0) is 10.6. The predicted octanol–water partition coefficient (Wildman–Crippen LogP) is 2.92. The van der Waals surface area contributed by atoms with Crippen molar-refractivity contribution in [1.82, 2.24) is 0 Å². The second-order valence-electron chi connectivity index (χ2n) is 2.86. The van der Waals surface area contributed by atoms with E-state index in [9.17, 15) is 4.39 Å². The Balaban J connectivity index is 2.78. The summed E-state index contributed by atoms with van der Waals surface area (Å²) >= 11 is 5.81. The molecule has 0 spiro atoms. The Bertz CT molecular complexity index is 304. The van der Waals surface area contributed by atoms with Crippen molar-refractivity contribution in [3.63, 3.8) is 0 Å². The van der Waals surface area contributed by atoms with Crippen LogP contribution in [0.3, 0.4) is 0 Å². The smallest absolute Gasteiger partial charge is 0.238 e. The Kier molecular flexibility index (Phi) is 4.17. The molecular formula is C10H12ClFO2. The first-order valence-corrected chi connectivity index (χ1v) is 4.75. The van der Waals surface area contributed by atoms with Gasteiger partial charge in [-0.3, -0.25) is 0 Å². The maximum Gasteiger partial charge on any atom is 0.238 e. The molecule has 0 saturated carbocycles. The van der Waals surface area contributed by atoms with Gasteiger partial charge in [-0.15, -0.1) is 0 Å². The van der Waals surface area contributed by atoms with E-state index >= 15 is 0 Å². The molecule has 1 N–H and O–H groups in total. The van der Waals surface area contributed by atoms with Crippen molar-refractivity contribution in [3.05, 3.63) is 28.8 Å². The minimum Gasteiger partial charge on any atom is -0.459 e. The van der Waals surface area contributed by atoms with Gasteiger partial charge in [0, 0.05) is 6.42 Å². The number of aliphatic hydroxyl groups is 1. The summed E-state index contributed by atoms with van der Waals surface area (Å²) in [4.78, 5) is 0. The Morgan fingerprint density at radius 1 is 1.57 bits per heavy atom. The van der Waals surface area contributed by atoms with E-state index in [2.05, 4.69) is 0 Å². The van der Waals surface area contributed by atoms with E-state index in [4.69, 9.17) is 21.4 Å². The normalized spacial score (nSPS) is 12.6. The maximum absolute atomic E-state index is 12.8. The fourth-order valence-electron chi connectivity index (χ4n) is 0.959. The molecule has 0 radical (unpaired) electrons. The van der Waals surface area contributed by atoms with E-state index in [1.807, 2.05) is 0 Å². The number of hydrogen-bond donors (Lipinski definition) is 1. The van der Waals surface area contributed by atoms with E-state index in [1.54, 1.807) is 25.1 Å². The first kappa shape index (κ1) is 11.3. The molecule has 0 aromatic heterocycles. The summed E-state index contributed by atoms with van der Waals surface area (Å²) in [5.74, 6) is 0.304. The van der Waals surface area contributed by atoms with Crippen LogP contribution in [0.5, 0.6) is 5.75 Å². The summed E-state index contributed by atoms with van der Waals surface area (Å²) in [5.41, 5.74) is 0.675. The molecule has 14 heavy (non-hydrogen) atoms. The Hall–Kier alpha value is -0.800. The minimum absolute atomic E-state index is 0.0904. The summed E-state index contributed by atoms with van der Waals surface area (Å²) in [6.45, 7) is 1.59. The molecule has 0 fully saturated rings. The molecule has 78 valence electrons. The third-order valence-corrected chi connectivity index (χ3v) is 2.05. The largest absolute Gasteiger partial charge is 0.459 e. The van der Waals surface area contributed by atoms with Gasteiger partial charge in [0.2, 0.25) is 6.36 Å². The lowest BCUT2D eigenvalue weighted by Gasteiger charge is -2.11. The van der Waals surface area contributed by atoms with Gasteiger partial charge in [0.1, 0.15) is 5.75 Å². The van der Waals surface area contributed by atoms with Crippen molar-refractivity contribution < 1.29 is 14.2 Å². The van der Waals surface area contributed by atoms with Crippen LogP contribution in [0.25, 0.3) is 0 Å². The van der Waals surface area contributed by atoms with Crippen LogP contribution in [0, 0.1) is 0 Å². The van der Waals surface area contributed by atoms with Gasteiger partial charge < -0.3 is 9.84 Å². The molecule has 1 atom stereocenters. The number of halogens is 2. The Morgan fingerprint density at radius 2 is 2.29 bits per heavy atom. The Labute approximate surface area is 87.3 Å². The molecule has 0 bridgehead atoms. The lowest BCUT2D eigenvalue weighted by Crippen LogP contribution is -2.08. The van der Waals surface area contributed by atoms with Gasteiger partial charge in [-0.25, -0.2) is 4.39 Å². The average Bonchev–Trinajstić information content (AvgIpc) is 2.20. The fraction of sp³-hybridized carbons (Fsp3) is 0.400. The van der Waals surface area contributed by atoms with Crippen LogP contribution >= 0.6 is 11.6 Å². The van der Waals surface area contributed by atoms with Crippen molar-refractivity contribution in [2.45, 2.75) is 26.3 Å². The molecule has 2 nitrogen and oxygen atoms in total. The van der Waals surface area contributed by atoms with Crippen LogP contribution in [-0.4, -0.2) is 11.5 Å². The zero-order valence-corrected chi connectivity index (χ0v) is 8.59. The molecule has 1 rings (SSSR count). The third kappa shape index (κ3) is 2.86. The molecule has 0 aliphatic carbocycles. The molecule has 0 aliphatic rings. The van der Waals surface area contributed by atoms with E-state index < -0.39 is 6.36 Å². The highest BCUT2D eigenvalue weighted by molar-refractivity contribution is 6.32. The highest BCUT2D eigenvalue weighted by atomic mass is 35.5. The number of hydrogen-bond acceptors (Lipinski definition) is 2. The van der Waals surface area contributed by atoms with Gasteiger partial charge in [0.05, 0.1) is 11.6 Å². The van der Waals surface area contributed by atoms with E-state index in [0.717, 1.165) is 0 Å². The monoisotopic (exact) mass is 218 g/mol. The predicted molar refractivity (Wildman–Crippen MR) is 53.2 cm³/mol. The zero-order valence-electron chi connectivity index (χ0n) is 7.84. The molecule has 4 heteroatoms. The third-order valence-electron chi connectivity index (χ3n) is 1.75. The van der Waals surface area contributed by atoms with Gasteiger partial charge >= 0.3 is 0 Å². The van der Waals surface area contributed by atoms with E-state index in [0.29, 0.717) is 16.3 Å². The Morgan fingerprint density at radius 3 is 2.79 bits per heavy atom. The SMILES string of the molecule is CCC(F)Oc1ccc(CO)cc1Cl. The van der Waals surface area contributed by atoms with Gasteiger partial charge in [0.25, 0.3) is 0 Å². The maximum atomic E-state index is 12.8. The van der Waals surface area contributed by atoms with Crippen LogP contribution in [0.2, 0.25) is 5.02 Å². The molecule has 0 amide bonds. The van der Waals surface area contributed by atoms with Crippen molar-refractivity contribution in [3.8, 4) is 5.75 Å². The molecule has 0 aliphatic heterocycles. The van der Waals surface area contributed by atoms with Crippen molar-refractivity contribution in [2.24, 2.45) is 0 Å². The standard InChI is InChI=1S/C10H12ClFO2/c1-2-10(12)14-9-4-3-7(6-13)5-8(9)11/h3-5,10,13H,2,6H2,1H3. The number of benzene rings is 1. The molecule has 0 saturated heterocycles.